The Kier molecular flexibility index (Phi) is 4.84. The molecule has 0 spiro atoms. The molecule has 1 heterocycles. The molecule has 2 aliphatic carbocycles. The first kappa shape index (κ1) is 17.0. The number of likely N-dealkylation sites (N-methyl/N-ethyl adjacent to an activating group) is 1. The summed E-state index contributed by atoms with van der Waals surface area (Å²) in [5, 5.41) is 3.45. The van der Waals surface area contributed by atoms with Gasteiger partial charge in [0, 0.05) is 25.6 Å². The van der Waals surface area contributed by atoms with Crippen molar-refractivity contribution in [3.05, 3.63) is 12.2 Å². The molecular weight excluding hydrogens is 288 g/mol. The molecule has 3 rings (SSSR count). The van der Waals surface area contributed by atoms with Gasteiger partial charge in [-0.2, -0.15) is 0 Å². The first-order chi connectivity index (χ1) is 10.9. The second kappa shape index (κ2) is 6.56. The molecule has 4 heteroatoms. The Morgan fingerprint density at radius 2 is 2.22 bits per heavy atom. The maximum atomic E-state index is 12.4. The maximum absolute atomic E-state index is 12.4. The van der Waals surface area contributed by atoms with Crippen molar-refractivity contribution in [3.8, 4) is 0 Å². The molecular formula is C19H32N2O2. The number of hydrogen-bond donors (Lipinski definition) is 1. The predicted molar refractivity (Wildman–Crippen MR) is 92.1 cm³/mol. The average molecular weight is 320 g/mol. The van der Waals surface area contributed by atoms with Crippen molar-refractivity contribution >= 4 is 5.97 Å². The zero-order chi connectivity index (χ0) is 16.6. The summed E-state index contributed by atoms with van der Waals surface area (Å²) in [7, 11) is 4.14. The standard InChI is InChI=1S/C19H32N2O2/c1-13-6-5-7-19(2)11-17-14(10-16(13)19)15(18(22)23-17)12-20-8-9-21(3)4/h14-17,20H,1,5-12H2,2-4H3/t14-,15-,16+,17+,19-/m0/s1. The number of esters is 1. The van der Waals surface area contributed by atoms with Crippen LogP contribution in [-0.2, 0) is 9.53 Å². The molecule has 0 aromatic carbocycles. The monoisotopic (exact) mass is 320 g/mol. The lowest BCUT2D eigenvalue weighted by molar-refractivity contribution is -0.146. The van der Waals surface area contributed by atoms with E-state index in [9.17, 15) is 4.79 Å². The van der Waals surface area contributed by atoms with E-state index < -0.39 is 0 Å². The van der Waals surface area contributed by atoms with Gasteiger partial charge in [0.15, 0.2) is 0 Å². The number of fused-ring (bicyclic) bond motifs is 2. The fraction of sp³-hybridized carbons (Fsp3) is 0.842. The molecule has 1 aliphatic heterocycles. The SMILES string of the molecule is C=C1CCC[C@@]2(C)C[C@H]3OC(=O)[C@@H](CNCCN(C)C)[C@@H]3C[C@H]12. The van der Waals surface area contributed by atoms with Crippen molar-refractivity contribution in [1.29, 1.82) is 0 Å². The fourth-order valence-electron chi connectivity index (χ4n) is 5.05. The Morgan fingerprint density at radius 3 is 2.96 bits per heavy atom. The van der Waals surface area contributed by atoms with Crippen molar-refractivity contribution < 1.29 is 9.53 Å². The van der Waals surface area contributed by atoms with Crippen LogP contribution < -0.4 is 5.32 Å². The quantitative estimate of drug-likeness (QED) is 0.480. The van der Waals surface area contributed by atoms with E-state index in [4.69, 9.17) is 4.74 Å². The van der Waals surface area contributed by atoms with Crippen LogP contribution in [0.15, 0.2) is 12.2 Å². The highest BCUT2D eigenvalue weighted by Crippen LogP contribution is 2.56. The van der Waals surface area contributed by atoms with Crippen LogP contribution in [0, 0.1) is 23.2 Å². The zero-order valence-corrected chi connectivity index (χ0v) is 14.9. The lowest BCUT2D eigenvalue weighted by Gasteiger charge is -2.50. The number of hydrogen-bond acceptors (Lipinski definition) is 4. The molecule has 5 atom stereocenters. The predicted octanol–water partition coefficient (Wildman–Crippen LogP) is 2.45. The molecule has 3 aliphatic rings. The van der Waals surface area contributed by atoms with Gasteiger partial charge >= 0.3 is 5.97 Å². The third kappa shape index (κ3) is 3.34. The molecule has 23 heavy (non-hydrogen) atoms. The van der Waals surface area contributed by atoms with Gasteiger partial charge in [-0.25, -0.2) is 0 Å². The first-order valence-corrected chi connectivity index (χ1v) is 9.14. The highest BCUT2D eigenvalue weighted by atomic mass is 16.6. The van der Waals surface area contributed by atoms with Gasteiger partial charge in [-0.05, 0) is 57.5 Å². The van der Waals surface area contributed by atoms with E-state index in [1.54, 1.807) is 0 Å². The topological polar surface area (TPSA) is 41.6 Å². The summed E-state index contributed by atoms with van der Waals surface area (Å²) in [6.07, 6.45) is 5.91. The molecule has 0 radical (unpaired) electrons. The van der Waals surface area contributed by atoms with Gasteiger partial charge in [-0.3, -0.25) is 4.79 Å². The van der Waals surface area contributed by atoms with Crippen LogP contribution in [0.1, 0.15) is 39.0 Å². The number of nitrogens with one attached hydrogen (secondary N) is 1. The van der Waals surface area contributed by atoms with Crippen LogP contribution in [0.5, 0.6) is 0 Å². The zero-order valence-electron chi connectivity index (χ0n) is 14.9. The Bertz CT molecular complexity index is 476. The normalized spacial score (nSPS) is 40.0. The van der Waals surface area contributed by atoms with Crippen LogP contribution >= 0.6 is 0 Å². The largest absolute Gasteiger partial charge is 0.462 e. The third-order valence-electron chi connectivity index (χ3n) is 6.42. The van der Waals surface area contributed by atoms with Crippen molar-refractivity contribution in [2.45, 2.75) is 45.1 Å². The molecule has 1 saturated heterocycles. The molecule has 2 saturated carbocycles. The molecule has 0 bridgehead atoms. The number of nitrogens with zero attached hydrogens (tertiary/aromatic N) is 1. The van der Waals surface area contributed by atoms with E-state index >= 15 is 0 Å². The van der Waals surface area contributed by atoms with Gasteiger partial charge in [-0.1, -0.05) is 19.1 Å². The summed E-state index contributed by atoms with van der Waals surface area (Å²) < 4.78 is 5.79. The van der Waals surface area contributed by atoms with Crippen molar-refractivity contribution in [1.82, 2.24) is 10.2 Å². The molecule has 0 aromatic heterocycles. The number of rotatable bonds is 5. The van der Waals surface area contributed by atoms with E-state index in [1.165, 1.54) is 18.4 Å². The van der Waals surface area contributed by atoms with Gasteiger partial charge in [0.1, 0.15) is 6.10 Å². The van der Waals surface area contributed by atoms with E-state index in [0.717, 1.165) is 38.9 Å². The summed E-state index contributed by atoms with van der Waals surface area (Å²) in [4.78, 5) is 14.5. The minimum absolute atomic E-state index is 0.0187. The van der Waals surface area contributed by atoms with Crippen LogP contribution in [0.3, 0.4) is 0 Å². The van der Waals surface area contributed by atoms with Crippen molar-refractivity contribution in [2.24, 2.45) is 23.2 Å². The molecule has 0 aromatic rings. The average Bonchev–Trinajstić information content (AvgIpc) is 2.76. The summed E-state index contributed by atoms with van der Waals surface area (Å²) in [5.74, 6) is 1.00. The third-order valence-corrected chi connectivity index (χ3v) is 6.42. The fourth-order valence-corrected chi connectivity index (χ4v) is 5.05. The molecule has 3 fully saturated rings. The van der Waals surface area contributed by atoms with E-state index in [1.807, 2.05) is 0 Å². The molecule has 1 N–H and O–H groups in total. The first-order valence-electron chi connectivity index (χ1n) is 9.14. The summed E-state index contributed by atoms with van der Waals surface area (Å²) in [6.45, 7) is 9.40. The second-order valence-corrected chi connectivity index (χ2v) is 8.41. The van der Waals surface area contributed by atoms with Gasteiger partial charge in [0.05, 0.1) is 5.92 Å². The smallest absolute Gasteiger partial charge is 0.310 e. The van der Waals surface area contributed by atoms with Crippen LogP contribution in [0.2, 0.25) is 0 Å². The summed E-state index contributed by atoms with van der Waals surface area (Å²) >= 11 is 0. The Hall–Kier alpha value is -0.870. The number of allylic oxidation sites excluding steroid dienone is 1. The minimum Gasteiger partial charge on any atom is -0.462 e. The van der Waals surface area contributed by atoms with E-state index in [2.05, 4.69) is 37.8 Å². The van der Waals surface area contributed by atoms with Crippen LogP contribution in [-0.4, -0.2) is 50.7 Å². The maximum Gasteiger partial charge on any atom is 0.310 e. The lowest BCUT2D eigenvalue weighted by atomic mass is 9.55. The summed E-state index contributed by atoms with van der Waals surface area (Å²) in [6, 6.07) is 0. The number of ether oxygens (including phenoxy) is 1. The summed E-state index contributed by atoms with van der Waals surface area (Å²) in [5.41, 5.74) is 1.71. The van der Waals surface area contributed by atoms with Crippen LogP contribution in [0.4, 0.5) is 0 Å². The number of carbonyl (C=O) groups is 1. The van der Waals surface area contributed by atoms with Crippen molar-refractivity contribution in [3.63, 3.8) is 0 Å². The van der Waals surface area contributed by atoms with Gasteiger partial charge in [0.2, 0.25) is 0 Å². The van der Waals surface area contributed by atoms with Gasteiger partial charge in [-0.15, -0.1) is 0 Å². The Balaban J connectivity index is 1.64. The molecule has 0 unspecified atom stereocenters. The molecule has 4 nitrogen and oxygen atoms in total. The van der Waals surface area contributed by atoms with Gasteiger partial charge in [0.25, 0.3) is 0 Å². The number of carbonyl (C=O) groups excluding carboxylic acids is 1. The van der Waals surface area contributed by atoms with E-state index in [0.29, 0.717) is 17.3 Å². The van der Waals surface area contributed by atoms with Crippen LogP contribution in [0.25, 0.3) is 0 Å². The minimum atomic E-state index is 0.0187. The van der Waals surface area contributed by atoms with E-state index in [-0.39, 0.29) is 18.0 Å². The Labute approximate surface area is 140 Å². The highest BCUT2D eigenvalue weighted by molar-refractivity contribution is 5.75. The van der Waals surface area contributed by atoms with Crippen molar-refractivity contribution in [2.75, 3.05) is 33.7 Å². The molecule has 130 valence electrons. The van der Waals surface area contributed by atoms with Gasteiger partial charge < -0.3 is 15.0 Å². The Morgan fingerprint density at radius 1 is 1.43 bits per heavy atom. The second-order valence-electron chi connectivity index (χ2n) is 8.41. The highest BCUT2D eigenvalue weighted by Gasteiger charge is 2.54. The lowest BCUT2D eigenvalue weighted by Crippen LogP contribution is -2.45. The molecule has 0 amide bonds.